The van der Waals surface area contributed by atoms with E-state index in [4.69, 9.17) is 11.6 Å². The van der Waals surface area contributed by atoms with Gasteiger partial charge < -0.3 is 0 Å². The van der Waals surface area contributed by atoms with Crippen molar-refractivity contribution in [3.63, 3.8) is 0 Å². The van der Waals surface area contributed by atoms with Crippen molar-refractivity contribution in [2.45, 2.75) is 11.1 Å². The van der Waals surface area contributed by atoms with Gasteiger partial charge in [0, 0.05) is 6.20 Å². The molecule has 0 saturated carbocycles. The van der Waals surface area contributed by atoms with Gasteiger partial charge in [0.05, 0.1) is 16.9 Å². The third-order valence-electron chi connectivity index (χ3n) is 1.84. The number of halogens is 1. The Morgan fingerprint density at radius 2 is 2.18 bits per heavy atom. The number of hydrogen-bond acceptors (Lipinski definition) is 5. The summed E-state index contributed by atoms with van der Waals surface area (Å²) >= 11 is 6.78. The average Bonchev–Trinajstić information content (AvgIpc) is 2.65. The van der Waals surface area contributed by atoms with Crippen LogP contribution in [0.2, 0.25) is 5.15 Å². The van der Waals surface area contributed by atoms with Crippen molar-refractivity contribution in [3.05, 3.63) is 34.7 Å². The van der Waals surface area contributed by atoms with Crippen LogP contribution in [0.5, 0.6) is 0 Å². The van der Waals surface area contributed by atoms with Crippen LogP contribution >= 0.6 is 22.9 Å². The largest absolute Gasteiger partial charge is 0.279 e. The standard InChI is InChI=1S/C9H8ClN3O2S2/c1-6-12-5-9(16-6)17(14,15)13-7-2-3-11-8(10)4-7/h2-5H,1H3,(H,11,13). The second kappa shape index (κ2) is 4.59. The lowest BCUT2D eigenvalue weighted by molar-refractivity contribution is 0.603. The summed E-state index contributed by atoms with van der Waals surface area (Å²) in [5, 5.41) is 0.920. The molecule has 0 radical (unpaired) electrons. The number of anilines is 1. The first kappa shape index (κ1) is 12.3. The van der Waals surface area contributed by atoms with Crippen LogP contribution in [0.3, 0.4) is 0 Å². The number of thiazole rings is 1. The first-order chi connectivity index (χ1) is 7.97. The molecule has 2 aromatic rings. The Bertz CT molecular complexity index is 639. The number of hydrogen-bond donors (Lipinski definition) is 1. The summed E-state index contributed by atoms with van der Waals surface area (Å²) in [6.45, 7) is 1.74. The molecule has 0 spiro atoms. The van der Waals surface area contributed by atoms with E-state index in [0.29, 0.717) is 10.7 Å². The molecular formula is C9H8ClN3O2S2. The molecule has 0 unspecified atom stereocenters. The molecule has 90 valence electrons. The Morgan fingerprint density at radius 3 is 2.76 bits per heavy atom. The lowest BCUT2D eigenvalue weighted by Gasteiger charge is -2.05. The Morgan fingerprint density at radius 1 is 1.41 bits per heavy atom. The second-order valence-corrected chi connectivity index (χ2v) is 6.70. The summed E-state index contributed by atoms with van der Waals surface area (Å²) in [4.78, 5) is 7.67. The lowest BCUT2D eigenvalue weighted by Crippen LogP contribution is -2.11. The number of pyridine rings is 1. The van der Waals surface area contributed by atoms with Gasteiger partial charge >= 0.3 is 0 Å². The zero-order valence-corrected chi connectivity index (χ0v) is 11.1. The molecule has 0 fully saturated rings. The highest BCUT2D eigenvalue weighted by Gasteiger charge is 2.17. The molecule has 17 heavy (non-hydrogen) atoms. The Hall–Kier alpha value is -1.18. The number of aryl methyl sites for hydroxylation is 1. The normalized spacial score (nSPS) is 11.4. The minimum absolute atomic E-state index is 0.169. The maximum Gasteiger partial charge on any atom is 0.273 e. The van der Waals surface area contributed by atoms with E-state index in [1.807, 2.05) is 0 Å². The summed E-state index contributed by atoms with van der Waals surface area (Å²) < 4.78 is 26.4. The number of nitrogens with one attached hydrogen (secondary N) is 1. The summed E-state index contributed by atoms with van der Waals surface area (Å²) in [6.07, 6.45) is 2.75. The highest BCUT2D eigenvalue weighted by Crippen LogP contribution is 2.22. The van der Waals surface area contributed by atoms with E-state index in [0.717, 1.165) is 11.3 Å². The molecule has 2 heterocycles. The Kier molecular flexibility index (Phi) is 3.32. The fourth-order valence-corrected chi connectivity index (χ4v) is 3.47. The van der Waals surface area contributed by atoms with Crippen LogP contribution in [0.15, 0.2) is 28.7 Å². The van der Waals surface area contributed by atoms with Gasteiger partial charge in [-0.05, 0) is 19.1 Å². The molecule has 8 heteroatoms. The minimum Gasteiger partial charge on any atom is -0.279 e. The molecule has 0 aliphatic heterocycles. The molecule has 5 nitrogen and oxygen atoms in total. The first-order valence-corrected chi connectivity index (χ1v) is 7.22. The molecule has 2 rings (SSSR count). The predicted octanol–water partition coefficient (Wildman–Crippen LogP) is 2.30. The van der Waals surface area contributed by atoms with Gasteiger partial charge in [0.1, 0.15) is 5.15 Å². The number of aromatic nitrogens is 2. The Labute approximate surface area is 108 Å². The van der Waals surface area contributed by atoms with E-state index in [-0.39, 0.29) is 9.36 Å². The van der Waals surface area contributed by atoms with Crippen LogP contribution in [0.1, 0.15) is 5.01 Å². The van der Waals surface area contributed by atoms with E-state index in [2.05, 4.69) is 14.7 Å². The first-order valence-electron chi connectivity index (χ1n) is 4.54. The van der Waals surface area contributed by atoms with Crippen LogP contribution in [0, 0.1) is 6.92 Å². The molecule has 0 saturated heterocycles. The minimum atomic E-state index is -3.59. The van der Waals surface area contributed by atoms with E-state index < -0.39 is 10.0 Å². The van der Waals surface area contributed by atoms with Crippen molar-refractivity contribution in [1.82, 2.24) is 9.97 Å². The fourth-order valence-electron chi connectivity index (χ4n) is 1.14. The molecule has 1 N–H and O–H groups in total. The van der Waals surface area contributed by atoms with Gasteiger partial charge in [-0.1, -0.05) is 11.6 Å². The van der Waals surface area contributed by atoms with Crippen molar-refractivity contribution < 1.29 is 8.42 Å². The van der Waals surface area contributed by atoms with Crippen LogP contribution in [-0.4, -0.2) is 18.4 Å². The van der Waals surface area contributed by atoms with E-state index in [1.165, 1.54) is 24.5 Å². The molecule has 0 aliphatic rings. The van der Waals surface area contributed by atoms with Crippen molar-refractivity contribution >= 4 is 38.6 Å². The summed E-state index contributed by atoms with van der Waals surface area (Å²) in [6, 6.07) is 2.96. The monoisotopic (exact) mass is 289 g/mol. The maximum absolute atomic E-state index is 11.9. The van der Waals surface area contributed by atoms with E-state index >= 15 is 0 Å². The lowest BCUT2D eigenvalue weighted by atomic mass is 10.4. The SMILES string of the molecule is Cc1ncc(S(=O)(=O)Nc2ccnc(Cl)c2)s1. The average molecular weight is 290 g/mol. The molecule has 0 aromatic carbocycles. The van der Waals surface area contributed by atoms with Crippen LogP contribution in [0.4, 0.5) is 5.69 Å². The summed E-state index contributed by atoms with van der Waals surface area (Å²) in [5.41, 5.74) is 0.371. The van der Waals surface area contributed by atoms with Gasteiger partial charge in [-0.3, -0.25) is 4.72 Å². The highest BCUT2D eigenvalue weighted by atomic mass is 35.5. The maximum atomic E-state index is 11.9. The molecule has 0 aliphatic carbocycles. The third kappa shape index (κ3) is 2.93. The van der Waals surface area contributed by atoms with Crippen molar-refractivity contribution in [3.8, 4) is 0 Å². The van der Waals surface area contributed by atoms with Crippen LogP contribution < -0.4 is 4.72 Å². The van der Waals surface area contributed by atoms with Gasteiger partial charge in [-0.25, -0.2) is 18.4 Å². The van der Waals surface area contributed by atoms with E-state index in [9.17, 15) is 8.42 Å². The van der Waals surface area contributed by atoms with Crippen molar-refractivity contribution in [1.29, 1.82) is 0 Å². The van der Waals surface area contributed by atoms with Gasteiger partial charge in [-0.15, -0.1) is 11.3 Å². The van der Waals surface area contributed by atoms with E-state index in [1.54, 1.807) is 6.92 Å². The number of rotatable bonds is 3. The smallest absolute Gasteiger partial charge is 0.273 e. The molecule has 2 aromatic heterocycles. The fraction of sp³-hybridized carbons (Fsp3) is 0.111. The molecule has 0 atom stereocenters. The molecule has 0 amide bonds. The molecule has 0 bridgehead atoms. The van der Waals surface area contributed by atoms with Gasteiger partial charge in [0.15, 0.2) is 4.21 Å². The van der Waals surface area contributed by atoms with Crippen LogP contribution in [0.25, 0.3) is 0 Å². The van der Waals surface area contributed by atoms with Crippen molar-refractivity contribution in [2.75, 3.05) is 4.72 Å². The van der Waals surface area contributed by atoms with Crippen LogP contribution in [-0.2, 0) is 10.0 Å². The predicted molar refractivity (Wildman–Crippen MR) is 66.9 cm³/mol. The van der Waals surface area contributed by atoms with Gasteiger partial charge in [-0.2, -0.15) is 0 Å². The van der Waals surface area contributed by atoms with Crippen molar-refractivity contribution in [2.24, 2.45) is 0 Å². The third-order valence-corrected chi connectivity index (χ3v) is 4.81. The zero-order chi connectivity index (χ0) is 12.5. The zero-order valence-electron chi connectivity index (χ0n) is 8.71. The number of sulfonamides is 1. The second-order valence-electron chi connectivity index (χ2n) is 3.17. The number of nitrogens with zero attached hydrogens (tertiary/aromatic N) is 2. The topological polar surface area (TPSA) is 72.0 Å². The highest BCUT2D eigenvalue weighted by molar-refractivity contribution is 7.94. The quantitative estimate of drug-likeness (QED) is 0.880. The van der Waals surface area contributed by atoms with Gasteiger partial charge in [0.25, 0.3) is 10.0 Å². The summed E-state index contributed by atoms with van der Waals surface area (Å²) in [5.74, 6) is 0. The Balaban J connectivity index is 2.29. The molecular weight excluding hydrogens is 282 g/mol. The summed E-state index contributed by atoms with van der Waals surface area (Å²) in [7, 11) is -3.59. The van der Waals surface area contributed by atoms with Gasteiger partial charge in [0.2, 0.25) is 0 Å².